The first-order valence-corrected chi connectivity index (χ1v) is 6.50. The molecule has 1 aromatic carbocycles. The minimum absolute atomic E-state index is 0.346. The lowest BCUT2D eigenvalue weighted by Crippen LogP contribution is -2.34. The van der Waals surface area contributed by atoms with Gasteiger partial charge < -0.3 is 9.53 Å². The smallest absolute Gasteiger partial charge is 0.123 e. The van der Waals surface area contributed by atoms with Crippen LogP contribution in [0, 0.1) is 0 Å². The van der Waals surface area contributed by atoms with Crippen LogP contribution in [0.15, 0.2) is 30.3 Å². The van der Waals surface area contributed by atoms with Gasteiger partial charge in [-0.15, -0.1) is 0 Å². The highest BCUT2D eigenvalue weighted by atomic mass is 16.5. The quantitative estimate of drug-likeness (QED) is 0.745. The highest BCUT2D eigenvalue weighted by Gasteiger charge is 2.34. The summed E-state index contributed by atoms with van der Waals surface area (Å²) in [4.78, 5) is 10.8. The first-order valence-electron chi connectivity index (χ1n) is 6.50. The minimum atomic E-state index is -0.346. The van der Waals surface area contributed by atoms with E-state index in [1.807, 2.05) is 32.0 Å². The molecule has 1 unspecified atom stereocenters. The van der Waals surface area contributed by atoms with Gasteiger partial charge in [-0.25, -0.2) is 0 Å². The van der Waals surface area contributed by atoms with Crippen LogP contribution >= 0.6 is 0 Å². The Hall–Kier alpha value is -1.15. The van der Waals surface area contributed by atoms with Gasteiger partial charge in [-0.3, -0.25) is 0 Å². The largest absolute Gasteiger partial charge is 0.370 e. The Morgan fingerprint density at radius 1 is 1.24 bits per heavy atom. The van der Waals surface area contributed by atoms with Crippen molar-refractivity contribution in [2.45, 2.75) is 45.1 Å². The maximum atomic E-state index is 10.8. The van der Waals surface area contributed by atoms with Gasteiger partial charge in [0.25, 0.3) is 0 Å². The van der Waals surface area contributed by atoms with E-state index < -0.39 is 0 Å². The Labute approximate surface area is 104 Å². The van der Waals surface area contributed by atoms with Crippen LogP contribution < -0.4 is 0 Å². The first-order chi connectivity index (χ1) is 8.37. The summed E-state index contributed by atoms with van der Waals surface area (Å²) < 4.78 is 5.86. The summed E-state index contributed by atoms with van der Waals surface area (Å²) in [5, 5.41) is 0. The van der Waals surface area contributed by atoms with E-state index in [4.69, 9.17) is 4.74 Å². The molecule has 0 N–H and O–H groups in total. The predicted octanol–water partition coefficient (Wildman–Crippen LogP) is 3.70. The standard InChI is InChI=1S/C13H16O2.C2H6/c14-10-9-13(8-4-5-11-15-13)12-6-2-1-3-7-12;1-2/h1-3,6-7,10H,4-5,8-9,11H2;1-2H3. The molecule has 17 heavy (non-hydrogen) atoms. The van der Waals surface area contributed by atoms with Gasteiger partial charge >= 0.3 is 0 Å². The fourth-order valence-corrected chi connectivity index (χ4v) is 2.24. The third-order valence-corrected chi connectivity index (χ3v) is 3.07. The van der Waals surface area contributed by atoms with E-state index >= 15 is 0 Å². The summed E-state index contributed by atoms with van der Waals surface area (Å²) in [6.45, 7) is 4.77. The normalized spacial score (nSPS) is 23.4. The molecule has 2 rings (SSSR count). The van der Waals surface area contributed by atoms with Crippen molar-refractivity contribution in [2.75, 3.05) is 6.61 Å². The predicted molar refractivity (Wildman–Crippen MR) is 70.0 cm³/mol. The number of ether oxygens (including phenoxy) is 1. The second kappa shape index (κ2) is 7.23. The summed E-state index contributed by atoms with van der Waals surface area (Å²) in [7, 11) is 0. The van der Waals surface area contributed by atoms with Gasteiger partial charge in [0.15, 0.2) is 0 Å². The van der Waals surface area contributed by atoms with Crippen LogP contribution in [0.25, 0.3) is 0 Å². The van der Waals surface area contributed by atoms with E-state index in [-0.39, 0.29) is 5.60 Å². The first kappa shape index (κ1) is 13.9. The molecule has 1 atom stereocenters. The van der Waals surface area contributed by atoms with E-state index in [0.717, 1.165) is 37.7 Å². The molecule has 0 spiro atoms. The molecular formula is C15H22O2. The molecule has 0 saturated carbocycles. The van der Waals surface area contributed by atoms with E-state index in [9.17, 15) is 4.79 Å². The number of carbonyl (C=O) groups excluding carboxylic acids is 1. The van der Waals surface area contributed by atoms with E-state index in [2.05, 4.69) is 12.1 Å². The Morgan fingerprint density at radius 3 is 2.47 bits per heavy atom. The van der Waals surface area contributed by atoms with Gasteiger partial charge in [-0.1, -0.05) is 44.2 Å². The summed E-state index contributed by atoms with van der Waals surface area (Å²) in [5.41, 5.74) is 0.790. The maximum absolute atomic E-state index is 10.8. The summed E-state index contributed by atoms with van der Waals surface area (Å²) in [5.74, 6) is 0. The van der Waals surface area contributed by atoms with Gasteiger partial charge in [0.05, 0.1) is 5.60 Å². The van der Waals surface area contributed by atoms with Crippen LogP contribution in [0.4, 0.5) is 0 Å². The number of rotatable bonds is 3. The van der Waals surface area contributed by atoms with Crippen molar-refractivity contribution in [3.8, 4) is 0 Å². The molecule has 1 fully saturated rings. The fourth-order valence-electron chi connectivity index (χ4n) is 2.24. The Balaban J connectivity index is 0.000000686. The van der Waals surface area contributed by atoms with Crippen LogP contribution in [-0.2, 0) is 15.1 Å². The molecule has 1 aliphatic rings. The van der Waals surface area contributed by atoms with Crippen molar-refractivity contribution in [3.63, 3.8) is 0 Å². The highest BCUT2D eigenvalue weighted by Crippen LogP contribution is 2.37. The zero-order chi connectivity index (χ0) is 12.6. The summed E-state index contributed by atoms with van der Waals surface area (Å²) in [6.07, 6.45) is 4.64. The van der Waals surface area contributed by atoms with Crippen molar-refractivity contribution in [1.82, 2.24) is 0 Å². The number of hydrogen-bond donors (Lipinski definition) is 0. The van der Waals surface area contributed by atoms with Gasteiger partial charge in [0.2, 0.25) is 0 Å². The molecule has 0 bridgehead atoms. The zero-order valence-electron chi connectivity index (χ0n) is 10.8. The Bertz CT molecular complexity index is 313. The molecular weight excluding hydrogens is 212 g/mol. The van der Waals surface area contributed by atoms with Crippen molar-refractivity contribution in [2.24, 2.45) is 0 Å². The lowest BCUT2D eigenvalue weighted by molar-refractivity contribution is -0.123. The van der Waals surface area contributed by atoms with Gasteiger partial charge in [-0.2, -0.15) is 0 Å². The van der Waals surface area contributed by atoms with Gasteiger partial charge in [0, 0.05) is 13.0 Å². The summed E-state index contributed by atoms with van der Waals surface area (Å²) in [6, 6.07) is 10.1. The molecule has 1 saturated heterocycles. The fraction of sp³-hybridized carbons (Fsp3) is 0.533. The minimum Gasteiger partial charge on any atom is -0.370 e. The Morgan fingerprint density at radius 2 is 1.94 bits per heavy atom. The van der Waals surface area contributed by atoms with Crippen molar-refractivity contribution in [1.29, 1.82) is 0 Å². The Kier molecular flexibility index (Phi) is 5.92. The molecule has 0 aliphatic carbocycles. The molecule has 0 amide bonds. The molecule has 1 aromatic rings. The van der Waals surface area contributed by atoms with Crippen LogP contribution in [0.2, 0.25) is 0 Å². The molecule has 0 radical (unpaired) electrons. The summed E-state index contributed by atoms with van der Waals surface area (Å²) >= 11 is 0. The lowest BCUT2D eigenvalue weighted by Gasteiger charge is -2.36. The third-order valence-electron chi connectivity index (χ3n) is 3.07. The third kappa shape index (κ3) is 3.40. The molecule has 1 heterocycles. The monoisotopic (exact) mass is 234 g/mol. The van der Waals surface area contributed by atoms with Crippen LogP contribution in [-0.4, -0.2) is 12.9 Å². The van der Waals surface area contributed by atoms with E-state index in [1.165, 1.54) is 0 Å². The number of benzene rings is 1. The van der Waals surface area contributed by atoms with Crippen LogP contribution in [0.3, 0.4) is 0 Å². The average molecular weight is 234 g/mol. The molecule has 94 valence electrons. The second-order valence-electron chi connectivity index (χ2n) is 4.04. The maximum Gasteiger partial charge on any atom is 0.123 e. The number of aldehydes is 1. The molecule has 2 heteroatoms. The van der Waals surface area contributed by atoms with E-state index in [1.54, 1.807) is 0 Å². The number of carbonyl (C=O) groups is 1. The lowest BCUT2D eigenvalue weighted by atomic mass is 9.84. The topological polar surface area (TPSA) is 26.3 Å². The SMILES string of the molecule is CC.O=CCC1(c2ccccc2)CCCCO1. The average Bonchev–Trinajstić information content (AvgIpc) is 2.43. The highest BCUT2D eigenvalue weighted by molar-refractivity contribution is 5.53. The van der Waals surface area contributed by atoms with Crippen molar-refractivity contribution < 1.29 is 9.53 Å². The van der Waals surface area contributed by atoms with Gasteiger partial charge in [0.1, 0.15) is 6.29 Å². The second-order valence-corrected chi connectivity index (χ2v) is 4.04. The van der Waals surface area contributed by atoms with Crippen molar-refractivity contribution >= 4 is 6.29 Å². The van der Waals surface area contributed by atoms with E-state index in [0.29, 0.717) is 6.42 Å². The zero-order valence-corrected chi connectivity index (χ0v) is 10.8. The van der Waals surface area contributed by atoms with Crippen molar-refractivity contribution in [3.05, 3.63) is 35.9 Å². The molecule has 2 nitrogen and oxygen atoms in total. The van der Waals surface area contributed by atoms with Crippen LogP contribution in [0.5, 0.6) is 0 Å². The van der Waals surface area contributed by atoms with Gasteiger partial charge in [-0.05, 0) is 24.8 Å². The number of hydrogen-bond acceptors (Lipinski definition) is 2. The van der Waals surface area contributed by atoms with Crippen LogP contribution in [0.1, 0.15) is 45.1 Å². The molecule has 0 aromatic heterocycles. The molecule has 1 aliphatic heterocycles.